The first-order valence-electron chi connectivity index (χ1n) is 10.6. The Morgan fingerprint density at radius 1 is 1.00 bits per heavy atom. The van der Waals surface area contributed by atoms with Gasteiger partial charge >= 0.3 is 0 Å². The fraction of sp³-hybridized carbons (Fsp3) is 0.208. The average Bonchev–Trinajstić information content (AvgIpc) is 3.26. The van der Waals surface area contributed by atoms with Crippen LogP contribution in [0.3, 0.4) is 0 Å². The number of ether oxygens (including phenoxy) is 1. The van der Waals surface area contributed by atoms with Crippen LogP contribution in [0.15, 0.2) is 65.7 Å². The molecule has 0 spiro atoms. The number of fused-ring (bicyclic) bond motifs is 1. The zero-order valence-electron chi connectivity index (χ0n) is 19.0. The van der Waals surface area contributed by atoms with Crippen LogP contribution in [0.25, 0.3) is 10.8 Å². The summed E-state index contributed by atoms with van der Waals surface area (Å²) in [6, 6.07) is 13.6. The zero-order valence-corrected chi connectivity index (χ0v) is 19.0. The summed E-state index contributed by atoms with van der Waals surface area (Å²) in [6.07, 6.45) is 2.99. The summed E-state index contributed by atoms with van der Waals surface area (Å²) in [5, 5.41) is 14.8. The number of carbonyl (C=O) groups is 2. The van der Waals surface area contributed by atoms with E-state index in [0.717, 1.165) is 0 Å². The van der Waals surface area contributed by atoms with E-state index in [9.17, 15) is 14.4 Å². The van der Waals surface area contributed by atoms with Crippen molar-refractivity contribution in [3.05, 3.63) is 77.0 Å². The van der Waals surface area contributed by atoms with Gasteiger partial charge in [0.05, 0.1) is 30.4 Å². The number of carbonyl (C=O) groups excluding carboxylic acids is 2. The highest BCUT2D eigenvalue weighted by Gasteiger charge is 2.18. The minimum Gasteiger partial charge on any atom is -0.497 e. The minimum atomic E-state index is -0.479. The van der Waals surface area contributed by atoms with Gasteiger partial charge in [0.2, 0.25) is 5.91 Å². The van der Waals surface area contributed by atoms with Crippen molar-refractivity contribution in [1.82, 2.24) is 19.6 Å². The second-order valence-corrected chi connectivity index (χ2v) is 7.90. The van der Waals surface area contributed by atoms with E-state index in [0.29, 0.717) is 27.9 Å². The first-order valence-corrected chi connectivity index (χ1v) is 10.6. The molecule has 2 N–H and O–H groups in total. The molecule has 0 radical (unpaired) electrons. The van der Waals surface area contributed by atoms with Gasteiger partial charge in [-0.2, -0.15) is 10.2 Å². The standard InChI is InChI=1S/C24H24N6O4/c1-15(2)30-24(33)20-7-5-4-6-19(20)22(28-30)23(32)27-17-12-25-29(13-17)14-21(31)26-16-8-10-18(34-3)11-9-16/h4-13,15H,14H2,1-3H3,(H,26,31)(H,27,32). The molecule has 174 valence electrons. The van der Waals surface area contributed by atoms with Gasteiger partial charge in [-0.3, -0.25) is 19.1 Å². The van der Waals surface area contributed by atoms with Crippen LogP contribution in [0.1, 0.15) is 30.4 Å². The van der Waals surface area contributed by atoms with E-state index in [2.05, 4.69) is 20.8 Å². The van der Waals surface area contributed by atoms with Gasteiger partial charge in [0.25, 0.3) is 11.5 Å². The Labute approximate surface area is 195 Å². The van der Waals surface area contributed by atoms with Crippen LogP contribution in [-0.4, -0.2) is 38.5 Å². The molecular weight excluding hydrogens is 436 g/mol. The number of methoxy groups -OCH3 is 1. The Balaban J connectivity index is 1.48. The molecule has 0 aliphatic carbocycles. The number of amides is 2. The van der Waals surface area contributed by atoms with Crippen LogP contribution in [-0.2, 0) is 11.3 Å². The van der Waals surface area contributed by atoms with Crippen molar-refractivity contribution < 1.29 is 14.3 Å². The van der Waals surface area contributed by atoms with E-state index in [-0.39, 0.29) is 29.7 Å². The number of hydrogen-bond acceptors (Lipinski definition) is 6. The number of rotatable bonds is 7. The topological polar surface area (TPSA) is 120 Å². The van der Waals surface area contributed by atoms with Crippen molar-refractivity contribution in [2.45, 2.75) is 26.4 Å². The van der Waals surface area contributed by atoms with Crippen LogP contribution in [0.2, 0.25) is 0 Å². The molecule has 0 atom stereocenters. The molecule has 0 bridgehead atoms. The van der Waals surface area contributed by atoms with E-state index in [1.165, 1.54) is 15.6 Å². The Morgan fingerprint density at radius 2 is 1.71 bits per heavy atom. The molecule has 2 aromatic carbocycles. The molecule has 0 unspecified atom stereocenters. The molecule has 34 heavy (non-hydrogen) atoms. The summed E-state index contributed by atoms with van der Waals surface area (Å²) >= 11 is 0. The van der Waals surface area contributed by atoms with Crippen molar-refractivity contribution in [2.75, 3.05) is 17.7 Å². The first kappa shape index (κ1) is 22.7. The lowest BCUT2D eigenvalue weighted by molar-refractivity contribution is -0.116. The minimum absolute atomic E-state index is 0.0404. The summed E-state index contributed by atoms with van der Waals surface area (Å²) in [6.45, 7) is 3.61. The van der Waals surface area contributed by atoms with Gasteiger partial charge < -0.3 is 15.4 Å². The monoisotopic (exact) mass is 460 g/mol. The summed E-state index contributed by atoms with van der Waals surface area (Å²) in [7, 11) is 1.57. The second kappa shape index (κ2) is 9.57. The molecule has 10 heteroatoms. The van der Waals surface area contributed by atoms with Crippen LogP contribution >= 0.6 is 0 Å². The van der Waals surface area contributed by atoms with E-state index >= 15 is 0 Å². The Kier molecular flexibility index (Phi) is 6.39. The van der Waals surface area contributed by atoms with E-state index in [1.54, 1.807) is 61.8 Å². The lowest BCUT2D eigenvalue weighted by Gasteiger charge is -2.13. The number of anilines is 2. The average molecular weight is 460 g/mol. The fourth-order valence-corrected chi connectivity index (χ4v) is 3.45. The Morgan fingerprint density at radius 3 is 2.38 bits per heavy atom. The molecule has 0 saturated carbocycles. The predicted octanol–water partition coefficient (Wildman–Crippen LogP) is 3.07. The zero-order chi connectivity index (χ0) is 24.2. The quantitative estimate of drug-likeness (QED) is 0.437. The molecule has 2 amide bonds. The molecule has 0 aliphatic heterocycles. The number of nitrogens with one attached hydrogen (secondary N) is 2. The molecule has 2 aromatic heterocycles. The Bertz CT molecular complexity index is 1410. The van der Waals surface area contributed by atoms with Gasteiger partial charge in [-0.25, -0.2) is 4.68 Å². The van der Waals surface area contributed by atoms with Gasteiger partial charge in [0, 0.05) is 17.3 Å². The van der Waals surface area contributed by atoms with Crippen molar-refractivity contribution in [3.63, 3.8) is 0 Å². The normalized spacial score (nSPS) is 10.9. The van der Waals surface area contributed by atoms with Crippen LogP contribution < -0.4 is 20.9 Å². The van der Waals surface area contributed by atoms with E-state index < -0.39 is 5.91 Å². The maximum Gasteiger partial charge on any atom is 0.276 e. The first-order chi connectivity index (χ1) is 16.4. The molecule has 0 fully saturated rings. The maximum atomic E-state index is 13.0. The number of aromatic nitrogens is 4. The molecule has 0 saturated heterocycles. The molecule has 4 aromatic rings. The highest BCUT2D eigenvalue weighted by Crippen LogP contribution is 2.17. The SMILES string of the molecule is COc1ccc(NC(=O)Cn2cc(NC(=O)c3nn(C(C)C)c(=O)c4ccccc34)cn2)cc1. The maximum absolute atomic E-state index is 13.0. The van der Waals surface area contributed by atoms with Crippen molar-refractivity contribution in [2.24, 2.45) is 0 Å². The van der Waals surface area contributed by atoms with Gasteiger partial charge in [-0.05, 0) is 44.2 Å². The molecule has 10 nitrogen and oxygen atoms in total. The summed E-state index contributed by atoms with van der Waals surface area (Å²) in [5.74, 6) is -0.0628. The third kappa shape index (κ3) is 4.80. The largest absolute Gasteiger partial charge is 0.497 e. The van der Waals surface area contributed by atoms with E-state index in [1.807, 2.05) is 13.8 Å². The Hall–Kier alpha value is -4.47. The molecular formula is C24H24N6O4. The number of benzene rings is 2. The number of nitrogens with zero attached hydrogens (tertiary/aromatic N) is 4. The smallest absolute Gasteiger partial charge is 0.276 e. The summed E-state index contributed by atoms with van der Waals surface area (Å²) in [5.41, 5.74) is 0.909. The third-order valence-electron chi connectivity index (χ3n) is 5.10. The van der Waals surface area contributed by atoms with Crippen molar-refractivity contribution in [1.29, 1.82) is 0 Å². The third-order valence-corrected chi connectivity index (χ3v) is 5.10. The van der Waals surface area contributed by atoms with Gasteiger partial charge in [-0.15, -0.1) is 0 Å². The lowest BCUT2D eigenvalue weighted by Crippen LogP contribution is -2.28. The van der Waals surface area contributed by atoms with Crippen LogP contribution in [0, 0.1) is 0 Å². The molecule has 2 heterocycles. The fourth-order valence-electron chi connectivity index (χ4n) is 3.45. The second-order valence-electron chi connectivity index (χ2n) is 7.90. The van der Waals surface area contributed by atoms with Crippen LogP contribution in [0.4, 0.5) is 11.4 Å². The van der Waals surface area contributed by atoms with Gasteiger partial charge in [-0.1, -0.05) is 18.2 Å². The molecule has 0 aliphatic rings. The van der Waals surface area contributed by atoms with Crippen molar-refractivity contribution >= 4 is 34.0 Å². The van der Waals surface area contributed by atoms with Crippen LogP contribution in [0.5, 0.6) is 5.75 Å². The van der Waals surface area contributed by atoms with Gasteiger partial charge in [0.1, 0.15) is 12.3 Å². The van der Waals surface area contributed by atoms with Gasteiger partial charge in [0.15, 0.2) is 5.69 Å². The lowest BCUT2D eigenvalue weighted by atomic mass is 10.1. The highest BCUT2D eigenvalue weighted by molar-refractivity contribution is 6.11. The number of hydrogen-bond donors (Lipinski definition) is 2. The summed E-state index contributed by atoms with van der Waals surface area (Å²) < 4.78 is 7.81. The predicted molar refractivity (Wildman–Crippen MR) is 128 cm³/mol. The van der Waals surface area contributed by atoms with E-state index in [4.69, 9.17) is 4.74 Å². The van der Waals surface area contributed by atoms with Crippen molar-refractivity contribution in [3.8, 4) is 5.75 Å². The highest BCUT2D eigenvalue weighted by atomic mass is 16.5. The molecule has 4 rings (SSSR count). The summed E-state index contributed by atoms with van der Waals surface area (Å²) in [4.78, 5) is 38.0.